The van der Waals surface area contributed by atoms with Crippen LogP contribution in [0.3, 0.4) is 0 Å². The maximum atomic E-state index is 11.1. The van der Waals surface area contributed by atoms with E-state index in [1.165, 1.54) is 23.8 Å². The molecule has 0 spiro atoms. The Hall–Kier alpha value is -0.960. The molecule has 1 rings (SSSR count). The van der Waals surface area contributed by atoms with Crippen LogP contribution < -0.4 is 0 Å². The van der Waals surface area contributed by atoms with Crippen LogP contribution in [0.15, 0.2) is 18.2 Å². The van der Waals surface area contributed by atoms with Crippen LogP contribution in [0.1, 0.15) is 30.0 Å². The number of ether oxygens (including phenoxy) is 1. The zero-order valence-corrected chi connectivity index (χ0v) is 11.8. The van der Waals surface area contributed by atoms with Crippen LogP contribution in [0.4, 0.5) is 0 Å². The minimum Gasteiger partial charge on any atom is -0.469 e. The highest BCUT2D eigenvalue weighted by atomic mass is 32.2. The number of hydrogen-bond donors (Lipinski definition) is 0. The molecule has 0 N–H and O–H groups in total. The molecule has 0 aliphatic carbocycles. The summed E-state index contributed by atoms with van der Waals surface area (Å²) in [6, 6.07) is 6.35. The van der Waals surface area contributed by atoms with Gasteiger partial charge < -0.3 is 4.74 Å². The van der Waals surface area contributed by atoms with E-state index >= 15 is 0 Å². The summed E-state index contributed by atoms with van der Waals surface area (Å²) >= 11 is 1.80. The highest BCUT2D eigenvalue weighted by molar-refractivity contribution is 7.99. The van der Waals surface area contributed by atoms with Crippen LogP contribution in [0.25, 0.3) is 0 Å². The number of aryl methyl sites for hydroxylation is 2. The fraction of sp³-hybridized carbons (Fsp3) is 0.500. The van der Waals surface area contributed by atoms with Crippen LogP contribution in [0.2, 0.25) is 0 Å². The van der Waals surface area contributed by atoms with Crippen molar-refractivity contribution < 1.29 is 9.53 Å². The van der Waals surface area contributed by atoms with Gasteiger partial charge in [-0.1, -0.05) is 25.1 Å². The van der Waals surface area contributed by atoms with Crippen LogP contribution >= 0.6 is 11.8 Å². The summed E-state index contributed by atoms with van der Waals surface area (Å²) < 4.78 is 4.67. The zero-order valence-electron chi connectivity index (χ0n) is 10.9. The third kappa shape index (κ3) is 4.43. The largest absolute Gasteiger partial charge is 0.469 e. The van der Waals surface area contributed by atoms with E-state index in [0.717, 1.165) is 5.75 Å². The highest BCUT2D eigenvalue weighted by Gasteiger charge is 2.11. The van der Waals surface area contributed by atoms with Gasteiger partial charge in [0, 0.05) is 11.0 Å². The summed E-state index contributed by atoms with van der Waals surface area (Å²) in [7, 11) is 1.44. The predicted octanol–water partition coefficient (Wildman–Crippen LogP) is 3.49. The number of carbonyl (C=O) groups excluding carboxylic acids is 1. The standard InChI is InChI=1S/C14H20O2S/c1-10-6-5-7-11(2)13(10)9-17-12(3)8-14(15)16-4/h5-7,12H,8-9H2,1-4H3. The second-order valence-corrected chi connectivity index (χ2v) is 5.70. The summed E-state index contributed by atoms with van der Waals surface area (Å²) in [6.07, 6.45) is 0.478. The Kier molecular flexibility index (Phi) is 5.56. The molecule has 0 aliphatic heterocycles. The Morgan fingerprint density at radius 3 is 2.47 bits per heavy atom. The molecule has 0 aromatic heterocycles. The van der Waals surface area contributed by atoms with Gasteiger partial charge in [0.2, 0.25) is 0 Å². The number of benzene rings is 1. The third-order valence-corrected chi connectivity index (χ3v) is 4.03. The average Bonchev–Trinajstić information content (AvgIpc) is 2.28. The molecule has 94 valence electrons. The molecule has 2 nitrogen and oxygen atoms in total. The smallest absolute Gasteiger partial charge is 0.306 e. The minimum absolute atomic E-state index is 0.133. The average molecular weight is 252 g/mol. The van der Waals surface area contributed by atoms with Gasteiger partial charge in [0.15, 0.2) is 0 Å². The maximum Gasteiger partial charge on any atom is 0.306 e. The van der Waals surface area contributed by atoms with Gasteiger partial charge >= 0.3 is 5.97 Å². The lowest BCUT2D eigenvalue weighted by molar-refractivity contribution is -0.140. The lowest BCUT2D eigenvalue weighted by Crippen LogP contribution is -2.09. The first-order valence-corrected chi connectivity index (χ1v) is 6.83. The molecular formula is C14H20O2S. The summed E-state index contributed by atoms with van der Waals surface area (Å²) in [6.45, 7) is 6.33. The van der Waals surface area contributed by atoms with E-state index in [1.807, 2.05) is 0 Å². The first-order valence-electron chi connectivity index (χ1n) is 5.78. The summed E-state index contributed by atoms with van der Waals surface area (Å²) in [4.78, 5) is 11.1. The van der Waals surface area contributed by atoms with Crippen molar-refractivity contribution in [3.05, 3.63) is 34.9 Å². The zero-order chi connectivity index (χ0) is 12.8. The fourth-order valence-corrected chi connectivity index (χ4v) is 2.84. The fourth-order valence-electron chi connectivity index (χ4n) is 1.68. The normalized spacial score (nSPS) is 12.2. The molecule has 0 amide bonds. The summed E-state index contributed by atoms with van der Waals surface area (Å²) in [5, 5.41) is 0.293. The minimum atomic E-state index is -0.133. The molecule has 0 bridgehead atoms. The molecule has 0 saturated heterocycles. The maximum absolute atomic E-state index is 11.1. The van der Waals surface area contributed by atoms with Gasteiger partial charge in [-0.15, -0.1) is 0 Å². The van der Waals surface area contributed by atoms with Crippen molar-refractivity contribution >= 4 is 17.7 Å². The van der Waals surface area contributed by atoms with E-state index in [9.17, 15) is 4.79 Å². The van der Waals surface area contributed by atoms with E-state index in [-0.39, 0.29) is 5.97 Å². The molecule has 0 heterocycles. The van der Waals surface area contributed by atoms with Crippen molar-refractivity contribution in [2.75, 3.05) is 7.11 Å². The van der Waals surface area contributed by atoms with E-state index in [0.29, 0.717) is 11.7 Å². The van der Waals surface area contributed by atoms with E-state index in [1.54, 1.807) is 11.8 Å². The number of hydrogen-bond acceptors (Lipinski definition) is 3. The van der Waals surface area contributed by atoms with Crippen LogP contribution in [-0.4, -0.2) is 18.3 Å². The Balaban J connectivity index is 2.53. The molecule has 3 heteroatoms. The monoisotopic (exact) mass is 252 g/mol. The first kappa shape index (κ1) is 14.1. The molecule has 0 saturated carbocycles. The molecule has 0 fully saturated rings. The number of methoxy groups -OCH3 is 1. The van der Waals surface area contributed by atoms with Crippen molar-refractivity contribution in [2.45, 2.75) is 38.2 Å². The van der Waals surface area contributed by atoms with Gasteiger partial charge in [-0.3, -0.25) is 4.79 Å². The van der Waals surface area contributed by atoms with Gasteiger partial charge in [0.25, 0.3) is 0 Å². The molecular weight excluding hydrogens is 232 g/mol. The molecule has 1 aromatic carbocycles. The van der Waals surface area contributed by atoms with E-state index in [2.05, 4.69) is 43.7 Å². The summed E-state index contributed by atoms with van der Waals surface area (Å²) in [5.41, 5.74) is 4.03. The molecule has 1 atom stereocenters. The van der Waals surface area contributed by atoms with Gasteiger partial charge in [0.1, 0.15) is 0 Å². The van der Waals surface area contributed by atoms with E-state index in [4.69, 9.17) is 0 Å². The van der Waals surface area contributed by atoms with Crippen molar-refractivity contribution in [3.63, 3.8) is 0 Å². The Morgan fingerprint density at radius 2 is 1.94 bits per heavy atom. The van der Waals surface area contributed by atoms with Gasteiger partial charge in [-0.25, -0.2) is 0 Å². The number of rotatable bonds is 5. The Morgan fingerprint density at radius 1 is 1.35 bits per heavy atom. The van der Waals surface area contributed by atoms with Crippen molar-refractivity contribution in [3.8, 4) is 0 Å². The molecule has 0 radical (unpaired) electrons. The lowest BCUT2D eigenvalue weighted by Gasteiger charge is -2.13. The first-order chi connectivity index (χ1) is 8.04. The second kappa shape index (κ2) is 6.70. The number of carbonyl (C=O) groups is 1. The number of esters is 1. The van der Waals surface area contributed by atoms with Gasteiger partial charge in [-0.05, 0) is 30.5 Å². The van der Waals surface area contributed by atoms with Crippen molar-refractivity contribution in [2.24, 2.45) is 0 Å². The van der Waals surface area contributed by atoms with Gasteiger partial charge in [-0.2, -0.15) is 11.8 Å². The highest BCUT2D eigenvalue weighted by Crippen LogP contribution is 2.24. The van der Waals surface area contributed by atoms with Crippen molar-refractivity contribution in [1.29, 1.82) is 0 Å². The second-order valence-electron chi connectivity index (χ2n) is 4.27. The molecule has 0 aliphatic rings. The quantitative estimate of drug-likeness (QED) is 0.750. The van der Waals surface area contributed by atoms with Crippen molar-refractivity contribution in [1.82, 2.24) is 0 Å². The molecule has 1 unspecified atom stereocenters. The predicted molar refractivity (Wildman–Crippen MR) is 73.3 cm³/mol. The number of thioether (sulfide) groups is 1. The molecule has 1 aromatic rings. The van der Waals surface area contributed by atoms with Crippen LogP contribution in [-0.2, 0) is 15.3 Å². The lowest BCUT2D eigenvalue weighted by atomic mass is 10.1. The Bertz CT molecular complexity index is 368. The topological polar surface area (TPSA) is 26.3 Å². The molecule has 17 heavy (non-hydrogen) atoms. The SMILES string of the molecule is COC(=O)CC(C)SCc1c(C)cccc1C. The third-order valence-electron chi connectivity index (χ3n) is 2.84. The van der Waals surface area contributed by atoms with Crippen LogP contribution in [0.5, 0.6) is 0 Å². The van der Waals surface area contributed by atoms with Crippen LogP contribution in [0, 0.1) is 13.8 Å². The summed E-state index contributed by atoms with van der Waals surface area (Å²) in [5.74, 6) is 0.822. The Labute approximate surface area is 108 Å². The van der Waals surface area contributed by atoms with Gasteiger partial charge in [0.05, 0.1) is 13.5 Å². The van der Waals surface area contributed by atoms with E-state index < -0.39 is 0 Å².